The lowest BCUT2D eigenvalue weighted by Gasteiger charge is -2.13. The van der Waals surface area contributed by atoms with E-state index in [2.05, 4.69) is 10.3 Å². The number of carbonyl (C=O) groups is 1. The van der Waals surface area contributed by atoms with Gasteiger partial charge in [0.1, 0.15) is 6.04 Å². The number of nitrogens with one attached hydrogen (secondary N) is 1. The highest BCUT2D eigenvalue weighted by molar-refractivity contribution is 7.22. The van der Waals surface area contributed by atoms with E-state index in [0.29, 0.717) is 11.6 Å². The summed E-state index contributed by atoms with van der Waals surface area (Å²) < 4.78 is 1.05. The third-order valence-corrected chi connectivity index (χ3v) is 4.14. The van der Waals surface area contributed by atoms with Gasteiger partial charge in [0.15, 0.2) is 5.13 Å². The van der Waals surface area contributed by atoms with Gasteiger partial charge in [-0.25, -0.2) is 9.78 Å². The van der Waals surface area contributed by atoms with Crippen molar-refractivity contribution in [2.45, 2.75) is 12.5 Å². The number of carboxylic acids is 1. The Hall–Kier alpha value is -2.40. The van der Waals surface area contributed by atoms with Crippen LogP contribution in [0, 0.1) is 0 Å². The molecule has 0 aliphatic heterocycles. The number of carboxylic acid groups (broad SMARTS) is 1. The summed E-state index contributed by atoms with van der Waals surface area (Å²) in [6.07, 6.45) is 0.423. The smallest absolute Gasteiger partial charge is 0.326 e. The molecule has 0 bridgehead atoms. The van der Waals surface area contributed by atoms with Crippen molar-refractivity contribution in [3.63, 3.8) is 0 Å². The summed E-state index contributed by atoms with van der Waals surface area (Å²) >= 11 is 1.47. The Labute approximate surface area is 126 Å². The number of para-hydroxylation sites is 1. The first-order valence-corrected chi connectivity index (χ1v) is 7.43. The third kappa shape index (κ3) is 3.20. The molecule has 2 aromatic carbocycles. The minimum atomic E-state index is -0.877. The van der Waals surface area contributed by atoms with Gasteiger partial charge in [-0.15, -0.1) is 0 Å². The van der Waals surface area contributed by atoms with Gasteiger partial charge in [-0.2, -0.15) is 0 Å². The number of benzene rings is 2. The van der Waals surface area contributed by atoms with E-state index in [1.54, 1.807) is 0 Å². The van der Waals surface area contributed by atoms with Gasteiger partial charge in [0.05, 0.1) is 10.2 Å². The molecular formula is C16H14N2O2S. The summed E-state index contributed by atoms with van der Waals surface area (Å²) in [5, 5.41) is 13.0. The van der Waals surface area contributed by atoms with Crippen LogP contribution in [0.25, 0.3) is 10.2 Å². The number of nitrogens with zero attached hydrogens (tertiary/aromatic N) is 1. The summed E-state index contributed by atoms with van der Waals surface area (Å²) in [6.45, 7) is 0. The van der Waals surface area contributed by atoms with Gasteiger partial charge in [-0.05, 0) is 17.7 Å². The van der Waals surface area contributed by atoms with Crippen LogP contribution in [-0.2, 0) is 11.2 Å². The molecule has 0 fully saturated rings. The second-order valence-electron chi connectivity index (χ2n) is 4.71. The molecule has 2 N–H and O–H groups in total. The number of rotatable bonds is 5. The Bertz CT molecular complexity index is 722. The number of thiazole rings is 1. The molecule has 0 saturated carbocycles. The van der Waals surface area contributed by atoms with Crippen LogP contribution < -0.4 is 5.32 Å². The first-order valence-electron chi connectivity index (χ1n) is 6.61. The van der Waals surface area contributed by atoms with Crippen molar-refractivity contribution in [1.82, 2.24) is 4.98 Å². The highest BCUT2D eigenvalue weighted by Gasteiger charge is 2.19. The normalized spacial score (nSPS) is 12.2. The quantitative estimate of drug-likeness (QED) is 0.758. The lowest BCUT2D eigenvalue weighted by molar-refractivity contribution is -0.137. The van der Waals surface area contributed by atoms with E-state index in [4.69, 9.17) is 0 Å². The van der Waals surface area contributed by atoms with Gasteiger partial charge in [0.25, 0.3) is 0 Å². The van der Waals surface area contributed by atoms with Crippen LogP contribution in [0.5, 0.6) is 0 Å². The van der Waals surface area contributed by atoms with Crippen LogP contribution in [0.3, 0.4) is 0 Å². The Balaban J connectivity index is 1.80. The van der Waals surface area contributed by atoms with Crippen molar-refractivity contribution in [2.75, 3.05) is 5.32 Å². The molecule has 0 spiro atoms. The lowest BCUT2D eigenvalue weighted by Crippen LogP contribution is -2.31. The molecule has 0 aliphatic rings. The maximum Gasteiger partial charge on any atom is 0.326 e. The summed E-state index contributed by atoms with van der Waals surface area (Å²) in [5.41, 5.74) is 1.87. The molecule has 106 valence electrons. The van der Waals surface area contributed by atoms with Crippen molar-refractivity contribution in [1.29, 1.82) is 0 Å². The Kier molecular flexibility index (Phi) is 3.83. The van der Waals surface area contributed by atoms with Crippen LogP contribution in [-0.4, -0.2) is 22.1 Å². The third-order valence-electron chi connectivity index (χ3n) is 3.17. The highest BCUT2D eigenvalue weighted by atomic mass is 32.1. The van der Waals surface area contributed by atoms with Crippen molar-refractivity contribution in [3.05, 3.63) is 60.2 Å². The van der Waals surface area contributed by atoms with Gasteiger partial charge in [0.2, 0.25) is 0 Å². The topological polar surface area (TPSA) is 62.2 Å². The second kappa shape index (κ2) is 5.93. The van der Waals surface area contributed by atoms with Crippen LogP contribution in [0.4, 0.5) is 5.13 Å². The van der Waals surface area contributed by atoms with E-state index in [1.807, 2.05) is 54.6 Å². The SMILES string of the molecule is O=C(O)[C@H](Cc1ccccc1)Nc1nc2ccccc2s1. The van der Waals surface area contributed by atoms with Crippen molar-refractivity contribution < 1.29 is 9.90 Å². The molecule has 0 saturated heterocycles. The molecule has 1 aromatic heterocycles. The number of anilines is 1. The minimum Gasteiger partial charge on any atom is -0.480 e. The first kappa shape index (κ1) is 13.6. The van der Waals surface area contributed by atoms with Crippen LogP contribution in [0.15, 0.2) is 54.6 Å². The second-order valence-corrected chi connectivity index (χ2v) is 5.74. The van der Waals surface area contributed by atoms with E-state index in [1.165, 1.54) is 11.3 Å². The Morgan fingerprint density at radius 2 is 1.86 bits per heavy atom. The number of hydrogen-bond donors (Lipinski definition) is 2. The van der Waals surface area contributed by atoms with Gasteiger partial charge < -0.3 is 10.4 Å². The van der Waals surface area contributed by atoms with Crippen LogP contribution >= 0.6 is 11.3 Å². The summed E-state index contributed by atoms with van der Waals surface area (Å²) in [7, 11) is 0. The van der Waals surface area contributed by atoms with Crippen molar-refractivity contribution >= 4 is 32.7 Å². The fraction of sp³-hybridized carbons (Fsp3) is 0.125. The van der Waals surface area contributed by atoms with Gasteiger partial charge in [0, 0.05) is 6.42 Å². The molecule has 4 nitrogen and oxygen atoms in total. The predicted octanol–water partition coefficient (Wildman–Crippen LogP) is 3.40. The zero-order chi connectivity index (χ0) is 14.7. The summed E-state index contributed by atoms with van der Waals surface area (Å²) in [6, 6.07) is 16.7. The highest BCUT2D eigenvalue weighted by Crippen LogP contribution is 2.26. The largest absolute Gasteiger partial charge is 0.480 e. The van der Waals surface area contributed by atoms with E-state index < -0.39 is 12.0 Å². The summed E-state index contributed by atoms with van der Waals surface area (Å²) in [4.78, 5) is 15.9. The molecule has 0 unspecified atom stereocenters. The molecule has 21 heavy (non-hydrogen) atoms. The van der Waals surface area contributed by atoms with E-state index in [-0.39, 0.29) is 0 Å². The fourth-order valence-corrected chi connectivity index (χ4v) is 3.05. The molecular weight excluding hydrogens is 284 g/mol. The maximum atomic E-state index is 11.4. The zero-order valence-corrected chi connectivity index (χ0v) is 12.0. The number of aliphatic carboxylic acids is 1. The molecule has 0 aliphatic carbocycles. The fourth-order valence-electron chi connectivity index (χ4n) is 2.13. The van der Waals surface area contributed by atoms with Crippen molar-refractivity contribution in [3.8, 4) is 0 Å². The molecule has 3 rings (SSSR count). The average Bonchev–Trinajstić information content (AvgIpc) is 2.90. The number of fused-ring (bicyclic) bond motifs is 1. The van der Waals surface area contributed by atoms with E-state index >= 15 is 0 Å². The number of hydrogen-bond acceptors (Lipinski definition) is 4. The lowest BCUT2D eigenvalue weighted by atomic mass is 10.1. The Morgan fingerprint density at radius 3 is 2.57 bits per heavy atom. The van der Waals surface area contributed by atoms with Crippen molar-refractivity contribution in [2.24, 2.45) is 0 Å². The molecule has 5 heteroatoms. The maximum absolute atomic E-state index is 11.4. The van der Waals surface area contributed by atoms with E-state index in [0.717, 1.165) is 15.8 Å². The standard InChI is InChI=1S/C16H14N2O2S/c19-15(20)13(10-11-6-2-1-3-7-11)18-16-17-12-8-4-5-9-14(12)21-16/h1-9,13H,10H2,(H,17,18)(H,19,20)/t13-/m0/s1. The molecule has 1 heterocycles. The van der Waals surface area contributed by atoms with Crippen LogP contribution in [0.2, 0.25) is 0 Å². The predicted molar refractivity (Wildman–Crippen MR) is 84.8 cm³/mol. The monoisotopic (exact) mass is 298 g/mol. The average molecular weight is 298 g/mol. The van der Waals surface area contributed by atoms with Crippen LogP contribution in [0.1, 0.15) is 5.56 Å². The van der Waals surface area contributed by atoms with Gasteiger partial charge in [-0.1, -0.05) is 53.8 Å². The molecule has 0 radical (unpaired) electrons. The minimum absolute atomic E-state index is 0.423. The van der Waals surface area contributed by atoms with Gasteiger partial charge >= 0.3 is 5.97 Å². The van der Waals surface area contributed by atoms with Gasteiger partial charge in [-0.3, -0.25) is 0 Å². The molecule has 0 amide bonds. The number of aromatic nitrogens is 1. The molecule has 1 atom stereocenters. The Morgan fingerprint density at radius 1 is 1.14 bits per heavy atom. The zero-order valence-electron chi connectivity index (χ0n) is 11.2. The molecule has 3 aromatic rings. The van der Waals surface area contributed by atoms with E-state index in [9.17, 15) is 9.90 Å². The summed E-state index contributed by atoms with van der Waals surface area (Å²) in [5.74, 6) is -0.877. The first-order chi connectivity index (χ1) is 10.2.